The highest BCUT2D eigenvalue weighted by Crippen LogP contribution is 2.27. The van der Waals surface area contributed by atoms with Crippen molar-refractivity contribution in [2.45, 2.75) is 142 Å². The van der Waals surface area contributed by atoms with Gasteiger partial charge in [0.25, 0.3) is 0 Å². The highest BCUT2D eigenvalue weighted by Gasteiger charge is 2.37. The van der Waals surface area contributed by atoms with Gasteiger partial charge in [0, 0.05) is 19.0 Å². The molecule has 3 rings (SSSR count). The second kappa shape index (κ2) is 18.6. The molecule has 0 aliphatic heterocycles. The summed E-state index contributed by atoms with van der Waals surface area (Å²) in [5.41, 5.74) is 2.16. The monoisotopic (exact) mass is 619 g/mol. The van der Waals surface area contributed by atoms with Crippen LogP contribution in [-0.4, -0.2) is 47.0 Å². The third-order valence-electron chi connectivity index (χ3n) is 8.52. The smallest absolute Gasteiger partial charge is 0.408 e. The van der Waals surface area contributed by atoms with E-state index in [-0.39, 0.29) is 24.3 Å². The summed E-state index contributed by atoms with van der Waals surface area (Å²) < 4.78 is 5.59. The quantitative estimate of drug-likeness (QED) is 0.186. The van der Waals surface area contributed by atoms with Crippen molar-refractivity contribution >= 4 is 17.9 Å². The number of aryl methyl sites for hydroxylation is 1. The molecule has 0 aromatic heterocycles. The average molecular weight is 620 g/mol. The van der Waals surface area contributed by atoms with E-state index in [9.17, 15) is 14.4 Å². The number of unbranched alkanes of at least 4 members (excludes halogenated alkanes) is 5. The molecule has 2 aromatic rings. The van der Waals surface area contributed by atoms with E-state index in [0.717, 1.165) is 68.9 Å². The van der Waals surface area contributed by atoms with Crippen LogP contribution in [0.5, 0.6) is 0 Å². The van der Waals surface area contributed by atoms with Crippen molar-refractivity contribution in [3.05, 3.63) is 71.3 Å². The number of rotatable bonds is 16. The average Bonchev–Trinajstić information content (AvgIpc) is 3.01. The highest BCUT2D eigenvalue weighted by molar-refractivity contribution is 5.92. The maximum atomic E-state index is 14.7. The Balaban J connectivity index is 2.00. The zero-order valence-corrected chi connectivity index (χ0v) is 28.4. The number of ether oxygens (including phenoxy) is 1. The first-order chi connectivity index (χ1) is 21.6. The maximum absolute atomic E-state index is 14.7. The Hall–Kier alpha value is -3.35. The van der Waals surface area contributed by atoms with Crippen LogP contribution < -0.4 is 10.6 Å². The number of hydrogen-bond donors (Lipinski definition) is 2. The predicted octanol–water partition coefficient (Wildman–Crippen LogP) is 8.06. The lowest BCUT2D eigenvalue weighted by molar-refractivity contribution is -0.143. The summed E-state index contributed by atoms with van der Waals surface area (Å²) in [4.78, 5) is 43.8. The summed E-state index contributed by atoms with van der Waals surface area (Å²) in [5.74, 6) is -0.428. The molecular weight excluding hydrogens is 562 g/mol. The molecule has 2 atom stereocenters. The Bertz CT molecular complexity index is 1170. The molecule has 248 valence electrons. The molecular formula is C38H57N3O4. The van der Waals surface area contributed by atoms with Crippen LogP contribution in [0.15, 0.2) is 54.6 Å². The van der Waals surface area contributed by atoms with Crippen LogP contribution >= 0.6 is 0 Å². The van der Waals surface area contributed by atoms with Gasteiger partial charge in [-0.3, -0.25) is 9.59 Å². The minimum atomic E-state index is -0.901. The Morgan fingerprint density at radius 1 is 0.844 bits per heavy atom. The third kappa shape index (κ3) is 12.5. The molecule has 3 amide bonds. The fourth-order valence-electron chi connectivity index (χ4n) is 6.06. The topological polar surface area (TPSA) is 87.7 Å². The van der Waals surface area contributed by atoms with Crippen LogP contribution in [0.3, 0.4) is 0 Å². The number of carbonyl (C=O) groups excluding carboxylic acids is 3. The largest absolute Gasteiger partial charge is 0.444 e. The molecule has 0 radical (unpaired) electrons. The number of alkyl carbamates (subject to hydrolysis) is 1. The van der Waals surface area contributed by atoms with Gasteiger partial charge >= 0.3 is 6.09 Å². The normalized spacial score (nSPS) is 15.1. The number of benzene rings is 2. The first-order valence-corrected chi connectivity index (χ1v) is 17.3. The minimum Gasteiger partial charge on any atom is -0.444 e. The zero-order chi connectivity index (χ0) is 32.7. The van der Waals surface area contributed by atoms with Gasteiger partial charge in [0.2, 0.25) is 11.8 Å². The van der Waals surface area contributed by atoms with E-state index in [4.69, 9.17) is 4.74 Å². The molecule has 0 saturated heterocycles. The van der Waals surface area contributed by atoms with Gasteiger partial charge in [-0.2, -0.15) is 0 Å². The van der Waals surface area contributed by atoms with Crippen molar-refractivity contribution in [2.75, 3.05) is 6.54 Å². The van der Waals surface area contributed by atoms with Crippen molar-refractivity contribution in [1.29, 1.82) is 0 Å². The standard InChI is InChI=1S/C38H57N3O4/c1-6-8-9-10-11-18-27-41(36(43)33(28-30-19-14-12-15-20-30)40-37(44)45-38(3,4)5)34(31-25-23-29(7-2)24-26-31)35(42)39-32-21-16-13-17-22-32/h12,14-15,19-20,23-26,32-34H,6-11,13,16-18,21-22,27-28H2,1-5H3,(H,39,42)(H,40,44). The fourth-order valence-corrected chi connectivity index (χ4v) is 6.06. The van der Waals surface area contributed by atoms with Gasteiger partial charge in [-0.05, 0) is 63.1 Å². The van der Waals surface area contributed by atoms with Crippen LogP contribution in [0, 0.1) is 0 Å². The van der Waals surface area contributed by atoms with E-state index in [2.05, 4.69) is 24.5 Å². The van der Waals surface area contributed by atoms with Crippen molar-refractivity contribution in [1.82, 2.24) is 15.5 Å². The van der Waals surface area contributed by atoms with E-state index < -0.39 is 23.8 Å². The molecule has 1 fully saturated rings. The number of nitrogens with one attached hydrogen (secondary N) is 2. The van der Waals surface area contributed by atoms with E-state index in [0.29, 0.717) is 6.54 Å². The molecule has 2 aromatic carbocycles. The number of hydrogen-bond acceptors (Lipinski definition) is 4. The van der Waals surface area contributed by atoms with Crippen LogP contribution in [0.2, 0.25) is 0 Å². The van der Waals surface area contributed by atoms with Gasteiger partial charge in [-0.15, -0.1) is 0 Å². The molecule has 0 spiro atoms. The second-order valence-corrected chi connectivity index (χ2v) is 13.5. The van der Waals surface area contributed by atoms with Crippen LogP contribution in [0.4, 0.5) is 4.79 Å². The van der Waals surface area contributed by atoms with E-state index in [1.165, 1.54) is 24.8 Å². The number of carbonyl (C=O) groups is 3. The van der Waals surface area contributed by atoms with E-state index >= 15 is 0 Å². The molecule has 2 N–H and O–H groups in total. The van der Waals surface area contributed by atoms with Crippen molar-refractivity contribution < 1.29 is 19.1 Å². The van der Waals surface area contributed by atoms with Crippen LogP contribution in [0.25, 0.3) is 0 Å². The fraction of sp³-hybridized carbons (Fsp3) is 0.605. The Morgan fingerprint density at radius 2 is 1.49 bits per heavy atom. The second-order valence-electron chi connectivity index (χ2n) is 13.5. The third-order valence-corrected chi connectivity index (χ3v) is 8.52. The van der Waals surface area contributed by atoms with Crippen molar-refractivity contribution in [3.63, 3.8) is 0 Å². The highest BCUT2D eigenvalue weighted by atomic mass is 16.6. The van der Waals surface area contributed by atoms with Gasteiger partial charge in [0.15, 0.2) is 0 Å². The lowest BCUT2D eigenvalue weighted by Crippen LogP contribution is -2.54. The van der Waals surface area contributed by atoms with E-state index in [1.54, 1.807) is 25.7 Å². The summed E-state index contributed by atoms with van der Waals surface area (Å²) >= 11 is 0. The number of amides is 3. The molecule has 7 heteroatoms. The molecule has 7 nitrogen and oxygen atoms in total. The van der Waals surface area contributed by atoms with Gasteiger partial charge in [-0.25, -0.2) is 4.79 Å². The molecule has 0 heterocycles. The van der Waals surface area contributed by atoms with Gasteiger partial charge in [0.05, 0.1) is 0 Å². The first kappa shape index (κ1) is 36.1. The van der Waals surface area contributed by atoms with Crippen LogP contribution in [0.1, 0.15) is 128 Å². The van der Waals surface area contributed by atoms with Crippen LogP contribution in [-0.2, 0) is 27.2 Å². The molecule has 1 aliphatic rings. The summed E-state index contributed by atoms with van der Waals surface area (Å²) in [6.45, 7) is 10.1. The molecule has 1 saturated carbocycles. The summed E-state index contributed by atoms with van der Waals surface area (Å²) in [6.07, 6.45) is 12.2. The SMILES string of the molecule is CCCCCCCCN(C(=O)C(Cc1ccccc1)NC(=O)OC(C)(C)C)C(C(=O)NC1CCCCC1)c1ccc(CC)cc1. The lowest BCUT2D eigenvalue weighted by Gasteiger charge is -2.36. The van der Waals surface area contributed by atoms with Gasteiger partial charge in [0.1, 0.15) is 17.7 Å². The molecule has 45 heavy (non-hydrogen) atoms. The molecule has 2 unspecified atom stereocenters. The predicted molar refractivity (Wildman–Crippen MR) is 182 cm³/mol. The molecule has 1 aliphatic carbocycles. The summed E-state index contributed by atoms with van der Waals surface area (Å²) in [6, 6.07) is 16.1. The number of nitrogens with zero attached hydrogens (tertiary/aromatic N) is 1. The van der Waals surface area contributed by atoms with Gasteiger partial charge < -0.3 is 20.3 Å². The zero-order valence-electron chi connectivity index (χ0n) is 28.4. The lowest BCUT2D eigenvalue weighted by atomic mass is 9.94. The molecule has 0 bridgehead atoms. The Labute approximate surface area is 271 Å². The first-order valence-electron chi connectivity index (χ1n) is 17.3. The minimum absolute atomic E-state index is 0.106. The van der Waals surface area contributed by atoms with Gasteiger partial charge in [-0.1, -0.05) is 120 Å². The van der Waals surface area contributed by atoms with E-state index in [1.807, 2.05) is 54.6 Å². The van der Waals surface area contributed by atoms with Crippen molar-refractivity contribution in [3.8, 4) is 0 Å². The summed E-state index contributed by atoms with van der Waals surface area (Å²) in [7, 11) is 0. The van der Waals surface area contributed by atoms with Crippen molar-refractivity contribution in [2.24, 2.45) is 0 Å². The summed E-state index contributed by atoms with van der Waals surface area (Å²) in [5, 5.41) is 6.20. The Kier molecular flexibility index (Phi) is 14.9. The maximum Gasteiger partial charge on any atom is 0.408 e. The Morgan fingerprint density at radius 3 is 2.11 bits per heavy atom.